The van der Waals surface area contributed by atoms with Gasteiger partial charge in [0, 0.05) is 34.1 Å². The van der Waals surface area contributed by atoms with Crippen LogP contribution in [0, 0.1) is 0 Å². The van der Waals surface area contributed by atoms with E-state index in [1.165, 1.54) is 0 Å². The van der Waals surface area contributed by atoms with Crippen LogP contribution in [0.25, 0.3) is 21.8 Å². The Labute approximate surface area is 138 Å². The molecule has 0 aliphatic heterocycles. The first kappa shape index (κ1) is 14.5. The smallest absolute Gasteiger partial charge is 0.315 e. The van der Waals surface area contributed by atoms with Gasteiger partial charge in [-0.1, -0.05) is 18.0 Å². The van der Waals surface area contributed by atoms with Crippen molar-refractivity contribution in [2.75, 3.05) is 0 Å². The van der Waals surface area contributed by atoms with Crippen LogP contribution < -0.4 is 0 Å². The van der Waals surface area contributed by atoms with Gasteiger partial charge in [0.15, 0.2) is 0 Å². The average molecular weight is 329 g/mol. The van der Waals surface area contributed by atoms with Crippen LogP contribution in [0.15, 0.2) is 30.5 Å². The predicted molar refractivity (Wildman–Crippen MR) is 91.1 cm³/mol. The van der Waals surface area contributed by atoms with Crippen LogP contribution in [0.4, 0.5) is 0 Å². The number of halogens is 1. The highest BCUT2D eigenvalue weighted by Crippen LogP contribution is 2.46. The van der Waals surface area contributed by atoms with E-state index in [2.05, 4.69) is 16.5 Å². The van der Waals surface area contributed by atoms with Crippen molar-refractivity contribution in [1.29, 1.82) is 0 Å². The lowest BCUT2D eigenvalue weighted by Gasteiger charge is -2.37. The summed E-state index contributed by atoms with van der Waals surface area (Å²) in [6.45, 7) is 2.83. The second-order valence-electron chi connectivity index (χ2n) is 6.20. The normalized spacial score (nSPS) is 16.6. The Balaban J connectivity index is 2.15. The molecule has 0 spiro atoms. The van der Waals surface area contributed by atoms with Crippen LogP contribution in [0.3, 0.4) is 0 Å². The van der Waals surface area contributed by atoms with Gasteiger partial charge in [0.25, 0.3) is 0 Å². The number of aliphatic carboxylic acids is 1. The van der Waals surface area contributed by atoms with E-state index in [1.807, 2.05) is 24.3 Å². The fraction of sp³-hybridized carbons (Fsp3) is 0.333. The molecule has 3 aromatic rings. The Kier molecular flexibility index (Phi) is 3.13. The number of carboxylic acids is 1. The Bertz CT molecular complexity index is 941. The van der Waals surface area contributed by atoms with Gasteiger partial charge in [0.05, 0.1) is 11.2 Å². The molecule has 4 rings (SSSR count). The summed E-state index contributed by atoms with van der Waals surface area (Å²) >= 11 is 6.17. The third-order valence-corrected chi connectivity index (χ3v) is 5.35. The Morgan fingerprint density at radius 1 is 1.35 bits per heavy atom. The van der Waals surface area contributed by atoms with Crippen molar-refractivity contribution in [1.82, 2.24) is 9.55 Å². The van der Waals surface area contributed by atoms with Crippen LogP contribution >= 0.6 is 11.6 Å². The molecule has 1 aromatic carbocycles. The summed E-state index contributed by atoms with van der Waals surface area (Å²) in [6.07, 6.45) is 3.96. The van der Waals surface area contributed by atoms with E-state index < -0.39 is 11.4 Å². The van der Waals surface area contributed by atoms with Crippen molar-refractivity contribution in [3.63, 3.8) is 0 Å². The predicted octanol–water partition coefficient (Wildman–Crippen LogP) is 4.37. The zero-order valence-corrected chi connectivity index (χ0v) is 13.6. The molecule has 118 valence electrons. The number of rotatable bonds is 3. The van der Waals surface area contributed by atoms with Crippen molar-refractivity contribution in [3.05, 3.63) is 41.2 Å². The molecular weight excluding hydrogens is 312 g/mol. The maximum Gasteiger partial charge on any atom is 0.315 e. The number of benzene rings is 1. The van der Waals surface area contributed by atoms with Gasteiger partial charge in [-0.05, 0) is 44.0 Å². The largest absolute Gasteiger partial charge is 0.481 e. The van der Waals surface area contributed by atoms with E-state index in [9.17, 15) is 9.90 Å². The van der Waals surface area contributed by atoms with Crippen molar-refractivity contribution in [3.8, 4) is 0 Å². The number of pyridine rings is 1. The summed E-state index contributed by atoms with van der Waals surface area (Å²) in [5.74, 6) is -0.769. The van der Waals surface area contributed by atoms with E-state index in [-0.39, 0.29) is 0 Å². The third kappa shape index (κ3) is 1.84. The molecule has 0 radical (unpaired) electrons. The minimum atomic E-state index is -0.843. The summed E-state index contributed by atoms with van der Waals surface area (Å²) < 4.78 is 2.16. The molecule has 2 aromatic heterocycles. The van der Waals surface area contributed by atoms with Gasteiger partial charge in [-0.25, -0.2) is 0 Å². The molecule has 23 heavy (non-hydrogen) atoms. The van der Waals surface area contributed by atoms with E-state index in [0.717, 1.165) is 34.8 Å². The second kappa shape index (κ2) is 4.96. The highest BCUT2D eigenvalue weighted by molar-refractivity contribution is 6.32. The third-order valence-electron chi connectivity index (χ3n) is 5.12. The summed E-state index contributed by atoms with van der Waals surface area (Å²) in [5.41, 5.74) is 1.86. The number of fused-ring (bicyclic) bond motifs is 3. The fourth-order valence-corrected chi connectivity index (χ4v) is 3.96. The van der Waals surface area contributed by atoms with E-state index in [1.54, 1.807) is 6.20 Å². The lowest BCUT2D eigenvalue weighted by atomic mass is 9.66. The molecule has 2 heterocycles. The van der Waals surface area contributed by atoms with Crippen LogP contribution in [0.5, 0.6) is 0 Å². The lowest BCUT2D eigenvalue weighted by Crippen LogP contribution is -2.43. The molecule has 1 aliphatic carbocycles. The summed E-state index contributed by atoms with van der Waals surface area (Å²) in [4.78, 5) is 16.5. The van der Waals surface area contributed by atoms with Crippen molar-refractivity contribution in [2.24, 2.45) is 0 Å². The molecule has 5 heteroatoms. The number of hydrogen-bond acceptors (Lipinski definition) is 2. The number of nitrogens with zero attached hydrogens (tertiary/aromatic N) is 2. The Morgan fingerprint density at radius 2 is 2.13 bits per heavy atom. The maximum atomic E-state index is 11.9. The van der Waals surface area contributed by atoms with Crippen LogP contribution in [0.1, 0.15) is 31.9 Å². The highest BCUT2D eigenvalue weighted by Gasteiger charge is 2.48. The molecule has 0 atom stereocenters. The van der Waals surface area contributed by atoms with Gasteiger partial charge in [0.2, 0.25) is 0 Å². The molecule has 1 N–H and O–H groups in total. The number of carboxylic acid groups (broad SMARTS) is 1. The van der Waals surface area contributed by atoms with Gasteiger partial charge in [-0.3, -0.25) is 9.78 Å². The molecule has 0 unspecified atom stereocenters. The second-order valence-corrected chi connectivity index (χ2v) is 6.64. The molecule has 1 saturated carbocycles. The zero-order chi connectivity index (χ0) is 16.2. The topological polar surface area (TPSA) is 55.1 Å². The van der Waals surface area contributed by atoms with E-state index >= 15 is 0 Å². The Hall–Kier alpha value is -2.07. The quantitative estimate of drug-likeness (QED) is 0.776. The lowest BCUT2D eigenvalue weighted by molar-refractivity contribution is -0.147. The summed E-state index contributed by atoms with van der Waals surface area (Å²) in [5, 5.41) is 12.6. The maximum absolute atomic E-state index is 11.9. The molecule has 4 nitrogen and oxygen atoms in total. The molecule has 1 fully saturated rings. The summed E-state index contributed by atoms with van der Waals surface area (Å²) in [7, 11) is 0. The molecule has 0 saturated heterocycles. The first-order valence-corrected chi connectivity index (χ1v) is 8.26. The molecule has 1 aliphatic rings. The van der Waals surface area contributed by atoms with Crippen LogP contribution in [0.2, 0.25) is 5.02 Å². The van der Waals surface area contributed by atoms with Crippen molar-refractivity contribution in [2.45, 2.75) is 38.1 Å². The van der Waals surface area contributed by atoms with E-state index in [4.69, 9.17) is 11.6 Å². The summed E-state index contributed by atoms with van der Waals surface area (Å²) in [6, 6.07) is 7.78. The van der Waals surface area contributed by atoms with Crippen molar-refractivity contribution >= 4 is 39.4 Å². The molecule has 0 bridgehead atoms. The fourth-order valence-electron chi connectivity index (χ4n) is 3.79. The first-order chi connectivity index (χ1) is 11.1. The highest BCUT2D eigenvalue weighted by atomic mass is 35.5. The van der Waals surface area contributed by atoms with Gasteiger partial charge >= 0.3 is 5.97 Å². The average Bonchev–Trinajstić information content (AvgIpc) is 2.79. The first-order valence-electron chi connectivity index (χ1n) is 7.89. The number of aryl methyl sites for hydroxylation is 1. The van der Waals surface area contributed by atoms with Crippen molar-refractivity contribution < 1.29 is 9.90 Å². The SMILES string of the molecule is CCn1c2ccc(Cl)cc2c2ccnc(C3(C(=O)O)CCC3)c21. The Morgan fingerprint density at radius 3 is 2.74 bits per heavy atom. The van der Waals surface area contributed by atoms with Crippen LogP contribution in [-0.2, 0) is 16.8 Å². The molecular formula is C18H17ClN2O2. The van der Waals surface area contributed by atoms with Gasteiger partial charge in [-0.2, -0.15) is 0 Å². The standard InChI is InChI=1S/C18H17ClN2O2/c1-2-21-14-5-4-11(19)10-13(14)12-6-9-20-16(15(12)21)18(17(22)23)7-3-8-18/h4-6,9-10H,2-3,7-8H2,1H3,(H,22,23). The van der Waals surface area contributed by atoms with Crippen LogP contribution in [-0.4, -0.2) is 20.6 Å². The minimum Gasteiger partial charge on any atom is -0.481 e. The van der Waals surface area contributed by atoms with Gasteiger partial charge in [-0.15, -0.1) is 0 Å². The van der Waals surface area contributed by atoms with Gasteiger partial charge in [0.1, 0.15) is 5.41 Å². The number of aromatic nitrogens is 2. The zero-order valence-electron chi connectivity index (χ0n) is 12.8. The monoisotopic (exact) mass is 328 g/mol. The number of carbonyl (C=O) groups is 1. The van der Waals surface area contributed by atoms with E-state index in [0.29, 0.717) is 23.6 Å². The molecule has 0 amide bonds. The number of hydrogen-bond donors (Lipinski definition) is 1. The minimum absolute atomic E-state index is 0.653. The van der Waals surface area contributed by atoms with Gasteiger partial charge < -0.3 is 9.67 Å².